The average molecular weight is 304 g/mol. The molecule has 0 aromatic rings. The fourth-order valence-electron chi connectivity index (χ4n) is 1.93. The lowest BCUT2D eigenvalue weighted by molar-refractivity contribution is -0.181. The van der Waals surface area contributed by atoms with Crippen LogP contribution >= 0.6 is 0 Å². The zero-order valence-corrected chi connectivity index (χ0v) is 12.5. The Morgan fingerprint density at radius 3 is 2.05 bits per heavy atom. The topological polar surface area (TPSA) is 97.4 Å². The predicted octanol–water partition coefficient (Wildman–Crippen LogP) is 0.174. The first kappa shape index (κ1) is 17.4. The van der Waals surface area contributed by atoms with Crippen LogP contribution in [0.1, 0.15) is 27.7 Å². The van der Waals surface area contributed by atoms with Gasteiger partial charge in [-0.2, -0.15) is 0 Å². The maximum absolute atomic E-state index is 11.3. The zero-order valence-electron chi connectivity index (χ0n) is 12.5. The highest BCUT2D eigenvalue weighted by Crippen LogP contribution is 2.22. The molecule has 0 bridgehead atoms. The summed E-state index contributed by atoms with van der Waals surface area (Å²) in [6.07, 6.45) is -3.11. The molecule has 0 unspecified atom stereocenters. The van der Waals surface area contributed by atoms with Gasteiger partial charge in [0.25, 0.3) is 0 Å². The van der Waals surface area contributed by atoms with Crippen molar-refractivity contribution < 1.29 is 38.1 Å². The highest BCUT2D eigenvalue weighted by Gasteiger charge is 2.42. The first-order chi connectivity index (χ1) is 9.81. The SMILES string of the molecule is CC(=O)OC[C@@H]1OCO[C@H](C)[C@H](OC(C)=O)[C@@H]1OC(C)=O. The summed E-state index contributed by atoms with van der Waals surface area (Å²) in [6.45, 7) is 5.15. The molecule has 21 heavy (non-hydrogen) atoms. The minimum atomic E-state index is -0.928. The van der Waals surface area contributed by atoms with Gasteiger partial charge in [0.05, 0.1) is 6.10 Å². The molecule has 1 heterocycles. The fourth-order valence-corrected chi connectivity index (χ4v) is 1.93. The minimum absolute atomic E-state index is 0.0946. The van der Waals surface area contributed by atoms with Crippen LogP contribution in [0.5, 0.6) is 0 Å². The Hall–Kier alpha value is -1.67. The van der Waals surface area contributed by atoms with Gasteiger partial charge in [-0.1, -0.05) is 0 Å². The molecule has 8 nitrogen and oxygen atoms in total. The van der Waals surface area contributed by atoms with Crippen molar-refractivity contribution >= 4 is 17.9 Å². The quantitative estimate of drug-likeness (QED) is 0.536. The molecule has 1 saturated heterocycles. The van der Waals surface area contributed by atoms with Gasteiger partial charge in [-0.25, -0.2) is 0 Å². The summed E-state index contributed by atoms with van der Waals surface area (Å²) in [7, 11) is 0. The minimum Gasteiger partial charge on any atom is -0.463 e. The van der Waals surface area contributed by atoms with Crippen molar-refractivity contribution in [3.8, 4) is 0 Å². The third-order valence-corrected chi connectivity index (χ3v) is 2.82. The summed E-state index contributed by atoms with van der Waals surface area (Å²) in [4.78, 5) is 33.4. The van der Waals surface area contributed by atoms with Crippen LogP contribution in [0.15, 0.2) is 0 Å². The van der Waals surface area contributed by atoms with Crippen molar-refractivity contribution in [1.82, 2.24) is 0 Å². The van der Waals surface area contributed by atoms with Gasteiger partial charge >= 0.3 is 17.9 Å². The van der Waals surface area contributed by atoms with Crippen LogP contribution in [-0.4, -0.2) is 55.7 Å². The maximum atomic E-state index is 11.3. The smallest absolute Gasteiger partial charge is 0.303 e. The van der Waals surface area contributed by atoms with Crippen molar-refractivity contribution in [3.63, 3.8) is 0 Å². The number of hydrogen-bond acceptors (Lipinski definition) is 8. The van der Waals surface area contributed by atoms with Gasteiger partial charge in [-0.15, -0.1) is 0 Å². The normalized spacial score (nSPS) is 29.1. The van der Waals surface area contributed by atoms with E-state index in [-0.39, 0.29) is 13.4 Å². The molecule has 1 aliphatic rings. The van der Waals surface area contributed by atoms with Crippen LogP contribution < -0.4 is 0 Å². The summed E-state index contributed by atoms with van der Waals surface area (Å²) in [5.74, 6) is -1.61. The molecular weight excluding hydrogens is 284 g/mol. The second-order valence-electron chi connectivity index (χ2n) is 4.65. The molecule has 0 radical (unpaired) electrons. The number of ether oxygens (including phenoxy) is 5. The fraction of sp³-hybridized carbons (Fsp3) is 0.769. The van der Waals surface area contributed by atoms with E-state index in [2.05, 4.69) is 0 Å². The van der Waals surface area contributed by atoms with E-state index < -0.39 is 42.3 Å². The molecule has 0 N–H and O–H groups in total. The van der Waals surface area contributed by atoms with E-state index in [9.17, 15) is 14.4 Å². The molecule has 0 saturated carbocycles. The number of rotatable bonds is 4. The van der Waals surface area contributed by atoms with Gasteiger partial charge in [-0.3, -0.25) is 14.4 Å². The van der Waals surface area contributed by atoms with E-state index in [1.807, 2.05) is 0 Å². The summed E-state index contributed by atoms with van der Waals surface area (Å²) >= 11 is 0. The molecule has 0 spiro atoms. The average Bonchev–Trinajstić information content (AvgIpc) is 2.48. The molecule has 4 atom stereocenters. The van der Waals surface area contributed by atoms with Crippen molar-refractivity contribution in [2.75, 3.05) is 13.4 Å². The third kappa shape index (κ3) is 5.68. The molecular formula is C13H20O8. The number of carbonyl (C=O) groups excluding carboxylic acids is 3. The van der Waals surface area contributed by atoms with Crippen molar-refractivity contribution in [2.45, 2.75) is 52.1 Å². The van der Waals surface area contributed by atoms with Gasteiger partial charge in [0, 0.05) is 20.8 Å². The summed E-state index contributed by atoms with van der Waals surface area (Å²) in [5, 5.41) is 0. The van der Waals surface area contributed by atoms with E-state index in [4.69, 9.17) is 23.7 Å². The van der Waals surface area contributed by atoms with Crippen LogP contribution in [0.4, 0.5) is 0 Å². The number of esters is 3. The molecule has 1 aliphatic heterocycles. The lowest BCUT2D eigenvalue weighted by atomic mass is 10.0. The lowest BCUT2D eigenvalue weighted by Crippen LogP contribution is -2.49. The molecule has 1 fully saturated rings. The second-order valence-corrected chi connectivity index (χ2v) is 4.65. The Labute approximate surface area is 122 Å². The highest BCUT2D eigenvalue weighted by molar-refractivity contribution is 5.67. The first-order valence-corrected chi connectivity index (χ1v) is 6.52. The molecule has 0 aromatic carbocycles. The molecule has 0 amide bonds. The summed E-state index contributed by atoms with van der Waals surface area (Å²) in [6, 6.07) is 0. The zero-order chi connectivity index (χ0) is 16.0. The Kier molecular flexibility index (Phi) is 6.57. The molecule has 120 valence electrons. The van der Waals surface area contributed by atoms with Gasteiger partial charge < -0.3 is 23.7 Å². The predicted molar refractivity (Wildman–Crippen MR) is 68.0 cm³/mol. The Bertz CT molecular complexity index is 394. The first-order valence-electron chi connectivity index (χ1n) is 6.52. The Morgan fingerprint density at radius 2 is 1.52 bits per heavy atom. The van der Waals surface area contributed by atoms with Gasteiger partial charge in [0.1, 0.15) is 19.5 Å². The van der Waals surface area contributed by atoms with Crippen LogP contribution in [0.2, 0.25) is 0 Å². The largest absolute Gasteiger partial charge is 0.463 e. The van der Waals surface area contributed by atoms with Crippen LogP contribution in [0.3, 0.4) is 0 Å². The summed E-state index contributed by atoms with van der Waals surface area (Å²) < 4.78 is 26.0. The van der Waals surface area contributed by atoms with Gasteiger partial charge in [0.15, 0.2) is 12.2 Å². The van der Waals surface area contributed by atoms with E-state index in [1.54, 1.807) is 6.92 Å². The monoisotopic (exact) mass is 304 g/mol. The Balaban J connectivity index is 2.93. The van der Waals surface area contributed by atoms with Crippen LogP contribution in [0, 0.1) is 0 Å². The van der Waals surface area contributed by atoms with E-state index in [0.29, 0.717) is 0 Å². The van der Waals surface area contributed by atoms with E-state index in [1.165, 1.54) is 20.8 Å². The third-order valence-electron chi connectivity index (χ3n) is 2.82. The number of hydrogen-bond donors (Lipinski definition) is 0. The highest BCUT2D eigenvalue weighted by atomic mass is 16.7. The molecule has 0 aromatic heterocycles. The van der Waals surface area contributed by atoms with Gasteiger partial charge in [0.2, 0.25) is 0 Å². The number of carbonyl (C=O) groups is 3. The lowest BCUT2D eigenvalue weighted by Gasteiger charge is -2.30. The Morgan fingerprint density at radius 1 is 0.952 bits per heavy atom. The molecule has 8 heteroatoms. The van der Waals surface area contributed by atoms with Gasteiger partial charge in [-0.05, 0) is 6.92 Å². The summed E-state index contributed by atoms with van der Waals surface area (Å²) in [5.41, 5.74) is 0. The van der Waals surface area contributed by atoms with E-state index >= 15 is 0 Å². The van der Waals surface area contributed by atoms with Crippen molar-refractivity contribution in [3.05, 3.63) is 0 Å². The molecule has 0 aliphatic carbocycles. The van der Waals surface area contributed by atoms with Crippen LogP contribution in [0.25, 0.3) is 0 Å². The maximum Gasteiger partial charge on any atom is 0.303 e. The van der Waals surface area contributed by atoms with E-state index in [0.717, 1.165) is 0 Å². The van der Waals surface area contributed by atoms with Crippen molar-refractivity contribution in [2.24, 2.45) is 0 Å². The van der Waals surface area contributed by atoms with Crippen molar-refractivity contribution in [1.29, 1.82) is 0 Å². The molecule has 1 rings (SSSR count). The van der Waals surface area contributed by atoms with Crippen LogP contribution in [-0.2, 0) is 38.1 Å². The standard InChI is InChI=1S/C13H20O8/c1-7-12(20-9(3)15)13(21-10(4)16)11(19-6-18-7)5-17-8(2)14/h7,11-13H,5-6H2,1-4H3/t7-,11+,12+,13-/m1/s1. The second kappa shape index (κ2) is 7.94.